The summed E-state index contributed by atoms with van der Waals surface area (Å²) in [4.78, 5) is 15.9. The highest BCUT2D eigenvalue weighted by molar-refractivity contribution is 9.10. The van der Waals surface area contributed by atoms with Crippen LogP contribution in [-0.4, -0.2) is 20.7 Å². The van der Waals surface area contributed by atoms with Crippen molar-refractivity contribution in [2.75, 3.05) is 0 Å². The van der Waals surface area contributed by atoms with Gasteiger partial charge in [-0.05, 0) is 28.1 Å². The normalized spacial score (nSPS) is 10.4. The molecular formula is C11H10BrClN4O. The van der Waals surface area contributed by atoms with Crippen molar-refractivity contribution in [3.63, 3.8) is 0 Å². The van der Waals surface area contributed by atoms with Crippen LogP contribution in [0.4, 0.5) is 0 Å². The van der Waals surface area contributed by atoms with Crippen LogP contribution >= 0.6 is 27.5 Å². The molecule has 0 unspecified atom stereocenters. The van der Waals surface area contributed by atoms with E-state index in [9.17, 15) is 4.79 Å². The summed E-state index contributed by atoms with van der Waals surface area (Å²) in [6.07, 6.45) is 1.58. The molecule has 1 amide bonds. The second-order valence-electron chi connectivity index (χ2n) is 3.62. The average molecular weight is 330 g/mol. The van der Waals surface area contributed by atoms with Gasteiger partial charge in [0, 0.05) is 11.5 Å². The Labute approximate surface area is 117 Å². The van der Waals surface area contributed by atoms with E-state index in [0.717, 1.165) is 0 Å². The van der Waals surface area contributed by atoms with Gasteiger partial charge in [-0.25, -0.2) is 4.98 Å². The summed E-state index contributed by atoms with van der Waals surface area (Å²) in [7, 11) is 1.77. The van der Waals surface area contributed by atoms with E-state index in [1.807, 2.05) is 0 Å². The number of amides is 1. The second-order valence-corrected chi connectivity index (χ2v) is 4.85. The summed E-state index contributed by atoms with van der Waals surface area (Å²) >= 11 is 9.30. The maximum absolute atomic E-state index is 11.9. The first-order valence-corrected chi connectivity index (χ1v) is 6.32. The van der Waals surface area contributed by atoms with Crippen LogP contribution in [0.25, 0.3) is 0 Å². The predicted molar refractivity (Wildman–Crippen MR) is 71.3 cm³/mol. The average Bonchev–Trinajstić information content (AvgIpc) is 2.76. The number of hydrogen-bond acceptors (Lipinski definition) is 3. The minimum absolute atomic E-state index is 0.256. The largest absolute Gasteiger partial charge is 0.345 e. The van der Waals surface area contributed by atoms with Crippen molar-refractivity contribution in [3.8, 4) is 0 Å². The number of benzene rings is 1. The highest BCUT2D eigenvalue weighted by Gasteiger charge is 2.12. The predicted octanol–water partition coefficient (Wildman–Crippen LogP) is 2.16. The summed E-state index contributed by atoms with van der Waals surface area (Å²) in [6, 6.07) is 5.19. The number of carbonyl (C=O) groups is 1. The zero-order valence-corrected chi connectivity index (χ0v) is 11.9. The fourth-order valence-electron chi connectivity index (χ4n) is 1.40. The van der Waals surface area contributed by atoms with Crippen LogP contribution in [0, 0.1) is 0 Å². The van der Waals surface area contributed by atoms with Gasteiger partial charge in [0.2, 0.25) is 0 Å². The molecule has 94 valence electrons. The van der Waals surface area contributed by atoms with Crippen LogP contribution in [0.3, 0.4) is 0 Å². The Morgan fingerprint density at radius 1 is 1.56 bits per heavy atom. The van der Waals surface area contributed by atoms with E-state index in [0.29, 0.717) is 20.9 Å². The summed E-state index contributed by atoms with van der Waals surface area (Å²) in [6.45, 7) is 0.266. The van der Waals surface area contributed by atoms with Crippen molar-refractivity contribution in [1.82, 2.24) is 20.1 Å². The molecule has 2 aromatic rings. The van der Waals surface area contributed by atoms with Crippen LogP contribution < -0.4 is 5.32 Å². The third-order valence-corrected chi connectivity index (χ3v) is 3.55. The van der Waals surface area contributed by atoms with E-state index in [1.165, 1.54) is 0 Å². The topological polar surface area (TPSA) is 59.8 Å². The smallest absolute Gasteiger partial charge is 0.253 e. The first kappa shape index (κ1) is 13.0. The Bertz CT molecular complexity index is 584. The Balaban J connectivity index is 2.06. The zero-order chi connectivity index (χ0) is 13.1. The molecule has 18 heavy (non-hydrogen) atoms. The molecule has 0 aliphatic carbocycles. The van der Waals surface area contributed by atoms with Gasteiger partial charge in [0.15, 0.2) is 5.82 Å². The lowest BCUT2D eigenvalue weighted by Gasteiger charge is -2.05. The third-order valence-electron chi connectivity index (χ3n) is 2.25. The Morgan fingerprint density at radius 2 is 2.33 bits per heavy atom. The standard InChI is InChI=1S/C11H10BrClN4O/c1-17-6-15-9(16-17)5-14-11(18)7-3-2-4-8(12)10(7)13/h2-4,6H,5H2,1H3,(H,14,18). The first-order chi connectivity index (χ1) is 8.58. The summed E-state index contributed by atoms with van der Waals surface area (Å²) in [5.41, 5.74) is 0.418. The fourth-order valence-corrected chi connectivity index (χ4v) is 1.98. The number of hydrogen-bond donors (Lipinski definition) is 1. The molecule has 0 spiro atoms. The van der Waals surface area contributed by atoms with Gasteiger partial charge in [-0.2, -0.15) is 5.10 Å². The van der Waals surface area contributed by atoms with E-state index >= 15 is 0 Å². The Morgan fingerprint density at radius 3 is 3.00 bits per heavy atom. The number of halogens is 2. The van der Waals surface area contributed by atoms with Gasteiger partial charge in [0.1, 0.15) is 6.33 Å². The number of aromatic nitrogens is 3. The van der Waals surface area contributed by atoms with Crippen molar-refractivity contribution in [2.24, 2.45) is 7.05 Å². The maximum atomic E-state index is 11.9. The highest BCUT2D eigenvalue weighted by atomic mass is 79.9. The molecule has 5 nitrogen and oxygen atoms in total. The van der Waals surface area contributed by atoms with Crippen molar-refractivity contribution >= 4 is 33.4 Å². The minimum atomic E-state index is -0.256. The monoisotopic (exact) mass is 328 g/mol. The first-order valence-electron chi connectivity index (χ1n) is 5.14. The van der Waals surface area contributed by atoms with Gasteiger partial charge < -0.3 is 5.32 Å². The van der Waals surface area contributed by atoms with Crippen LogP contribution in [-0.2, 0) is 13.6 Å². The number of nitrogens with zero attached hydrogens (tertiary/aromatic N) is 3. The molecule has 7 heteroatoms. The molecule has 2 rings (SSSR count). The highest BCUT2D eigenvalue weighted by Crippen LogP contribution is 2.25. The quantitative estimate of drug-likeness (QED) is 0.939. The van der Waals surface area contributed by atoms with Crippen molar-refractivity contribution < 1.29 is 4.79 Å². The molecule has 0 saturated heterocycles. The van der Waals surface area contributed by atoms with Crippen molar-refractivity contribution in [1.29, 1.82) is 0 Å². The summed E-state index contributed by atoms with van der Waals surface area (Å²) < 4.78 is 2.26. The molecule has 0 bridgehead atoms. The van der Waals surface area contributed by atoms with E-state index in [2.05, 4.69) is 31.3 Å². The SMILES string of the molecule is Cn1cnc(CNC(=O)c2cccc(Br)c2Cl)n1. The van der Waals surface area contributed by atoms with Crippen molar-refractivity contribution in [3.05, 3.63) is 45.4 Å². The molecule has 1 aromatic heterocycles. The van der Waals surface area contributed by atoms with Gasteiger partial charge in [-0.1, -0.05) is 17.7 Å². The molecule has 0 saturated carbocycles. The molecular weight excluding hydrogens is 320 g/mol. The summed E-state index contributed by atoms with van der Waals surface area (Å²) in [5, 5.41) is 7.17. The second kappa shape index (κ2) is 5.49. The number of rotatable bonds is 3. The Kier molecular flexibility index (Phi) is 3.98. The van der Waals surface area contributed by atoms with Crippen LogP contribution in [0.5, 0.6) is 0 Å². The molecule has 0 fully saturated rings. The van der Waals surface area contributed by atoms with Gasteiger partial charge in [0.05, 0.1) is 17.1 Å². The van der Waals surface area contributed by atoms with Gasteiger partial charge in [-0.3, -0.25) is 9.48 Å². The maximum Gasteiger partial charge on any atom is 0.253 e. The van der Waals surface area contributed by atoms with Gasteiger partial charge in [-0.15, -0.1) is 0 Å². The van der Waals surface area contributed by atoms with Crippen LogP contribution in [0.2, 0.25) is 5.02 Å². The molecule has 0 radical (unpaired) electrons. The molecule has 1 aromatic carbocycles. The minimum Gasteiger partial charge on any atom is -0.345 e. The van der Waals surface area contributed by atoms with E-state index in [-0.39, 0.29) is 12.5 Å². The molecule has 0 aliphatic heterocycles. The zero-order valence-electron chi connectivity index (χ0n) is 9.52. The van der Waals surface area contributed by atoms with E-state index in [1.54, 1.807) is 36.3 Å². The van der Waals surface area contributed by atoms with E-state index < -0.39 is 0 Å². The third kappa shape index (κ3) is 2.88. The van der Waals surface area contributed by atoms with Crippen LogP contribution in [0.15, 0.2) is 29.0 Å². The molecule has 0 aliphatic rings. The lowest BCUT2D eigenvalue weighted by molar-refractivity contribution is 0.0950. The fraction of sp³-hybridized carbons (Fsp3) is 0.182. The molecule has 1 heterocycles. The number of aryl methyl sites for hydroxylation is 1. The lowest BCUT2D eigenvalue weighted by atomic mass is 10.2. The van der Waals surface area contributed by atoms with Gasteiger partial charge in [0.25, 0.3) is 5.91 Å². The molecule has 1 N–H and O–H groups in total. The number of nitrogens with one attached hydrogen (secondary N) is 1. The van der Waals surface area contributed by atoms with Gasteiger partial charge >= 0.3 is 0 Å². The number of carbonyl (C=O) groups excluding carboxylic acids is 1. The van der Waals surface area contributed by atoms with Crippen molar-refractivity contribution in [2.45, 2.75) is 6.54 Å². The Hall–Kier alpha value is -1.40. The van der Waals surface area contributed by atoms with Crippen LogP contribution in [0.1, 0.15) is 16.2 Å². The summed E-state index contributed by atoms with van der Waals surface area (Å²) in [5.74, 6) is 0.297. The van der Waals surface area contributed by atoms with E-state index in [4.69, 9.17) is 11.6 Å². The lowest BCUT2D eigenvalue weighted by Crippen LogP contribution is -2.23. The molecule has 0 atom stereocenters.